The molecule has 0 aliphatic rings. The Bertz CT molecular complexity index is 520. The van der Waals surface area contributed by atoms with Gasteiger partial charge in [-0.15, -0.1) is 0 Å². The molecule has 5 heteroatoms. The summed E-state index contributed by atoms with van der Waals surface area (Å²) < 4.78 is 1.66. The van der Waals surface area contributed by atoms with E-state index in [-0.39, 0.29) is 0 Å². The van der Waals surface area contributed by atoms with Crippen molar-refractivity contribution in [2.75, 3.05) is 24.2 Å². The van der Waals surface area contributed by atoms with Crippen molar-refractivity contribution in [2.45, 2.75) is 19.6 Å². The minimum Gasteiger partial charge on any atom is -0.396 e. The molecule has 1 atom stereocenters. The molecule has 0 aliphatic carbocycles. The number of rotatable bonds is 5. The predicted octanol–water partition coefficient (Wildman–Crippen LogP) is 1.27. The summed E-state index contributed by atoms with van der Waals surface area (Å²) in [6.07, 6.45) is 2.80. The van der Waals surface area contributed by atoms with Crippen LogP contribution in [0.15, 0.2) is 36.7 Å². The molecule has 1 heterocycles. The normalized spacial score (nSPS) is 12.4. The van der Waals surface area contributed by atoms with Gasteiger partial charge < -0.3 is 15.7 Å². The molecule has 102 valence electrons. The van der Waals surface area contributed by atoms with Crippen LogP contribution >= 0.6 is 0 Å². The van der Waals surface area contributed by atoms with Crippen molar-refractivity contribution in [1.82, 2.24) is 9.78 Å². The Kier molecular flexibility index (Phi) is 4.06. The number of likely N-dealkylation sites (N-methyl/N-ethyl adjacent to an activating group) is 1. The molecular formula is C14H20N4O. The lowest BCUT2D eigenvalue weighted by atomic mass is 10.2. The lowest BCUT2D eigenvalue weighted by Crippen LogP contribution is -2.32. The Labute approximate surface area is 113 Å². The van der Waals surface area contributed by atoms with E-state index in [1.807, 2.05) is 24.1 Å². The van der Waals surface area contributed by atoms with Gasteiger partial charge in [0, 0.05) is 25.5 Å². The minimum absolute atomic E-state index is 0.438. The molecule has 0 bridgehead atoms. The molecule has 19 heavy (non-hydrogen) atoms. The highest BCUT2D eigenvalue weighted by atomic mass is 16.3. The van der Waals surface area contributed by atoms with Crippen molar-refractivity contribution in [3.8, 4) is 0 Å². The molecule has 0 saturated carbocycles. The van der Waals surface area contributed by atoms with Gasteiger partial charge in [0.05, 0.1) is 24.5 Å². The second-order valence-electron chi connectivity index (χ2n) is 4.87. The lowest BCUT2D eigenvalue weighted by molar-refractivity contribution is 0.156. The van der Waals surface area contributed by atoms with Gasteiger partial charge in [-0.1, -0.05) is 17.7 Å². The smallest absolute Gasteiger partial charge is 0.0910 e. The third-order valence-electron chi connectivity index (χ3n) is 3.01. The molecule has 1 aromatic carbocycles. The maximum atomic E-state index is 10.1. The van der Waals surface area contributed by atoms with Crippen LogP contribution in [0, 0.1) is 6.92 Å². The zero-order chi connectivity index (χ0) is 13.8. The first-order valence-corrected chi connectivity index (χ1v) is 6.28. The fourth-order valence-electron chi connectivity index (χ4n) is 1.97. The monoisotopic (exact) mass is 260 g/mol. The Hall–Kier alpha value is -2.01. The summed E-state index contributed by atoms with van der Waals surface area (Å²) in [5, 5.41) is 14.1. The van der Waals surface area contributed by atoms with Crippen molar-refractivity contribution in [1.29, 1.82) is 0 Å². The molecule has 0 fully saturated rings. The first-order chi connectivity index (χ1) is 9.04. The number of aliphatic hydroxyl groups excluding tert-OH is 1. The summed E-state index contributed by atoms with van der Waals surface area (Å²) in [5.41, 5.74) is 8.51. The van der Waals surface area contributed by atoms with Crippen molar-refractivity contribution < 1.29 is 5.11 Å². The van der Waals surface area contributed by atoms with Crippen LogP contribution in [0.1, 0.15) is 5.56 Å². The maximum Gasteiger partial charge on any atom is 0.0910 e. The molecule has 0 saturated heterocycles. The van der Waals surface area contributed by atoms with Gasteiger partial charge >= 0.3 is 0 Å². The van der Waals surface area contributed by atoms with Crippen LogP contribution in [0.3, 0.4) is 0 Å². The number of aromatic nitrogens is 2. The Morgan fingerprint density at radius 1 is 1.37 bits per heavy atom. The SMILES string of the molecule is Cc1ccc(N(C)CC(O)Cn2cc(N)cn2)cc1. The van der Waals surface area contributed by atoms with Crippen LogP contribution in [0.5, 0.6) is 0 Å². The van der Waals surface area contributed by atoms with E-state index in [1.165, 1.54) is 5.56 Å². The van der Waals surface area contributed by atoms with Gasteiger partial charge in [-0.25, -0.2) is 0 Å². The van der Waals surface area contributed by atoms with E-state index in [9.17, 15) is 5.11 Å². The summed E-state index contributed by atoms with van der Waals surface area (Å²) in [4.78, 5) is 2.02. The quantitative estimate of drug-likeness (QED) is 0.849. The number of hydrogen-bond donors (Lipinski definition) is 2. The van der Waals surface area contributed by atoms with E-state index in [0.29, 0.717) is 18.8 Å². The van der Waals surface area contributed by atoms with Gasteiger partial charge in [-0.05, 0) is 19.1 Å². The fraction of sp³-hybridized carbons (Fsp3) is 0.357. The molecule has 3 N–H and O–H groups in total. The van der Waals surface area contributed by atoms with Crippen LogP contribution in [-0.2, 0) is 6.54 Å². The van der Waals surface area contributed by atoms with Gasteiger partial charge in [0.2, 0.25) is 0 Å². The van der Waals surface area contributed by atoms with Crippen LogP contribution in [0.4, 0.5) is 11.4 Å². The van der Waals surface area contributed by atoms with Crippen molar-refractivity contribution >= 4 is 11.4 Å². The summed E-state index contributed by atoms with van der Waals surface area (Å²) in [6.45, 7) is 3.04. The summed E-state index contributed by atoms with van der Waals surface area (Å²) in [6, 6.07) is 8.22. The number of nitrogens with zero attached hydrogens (tertiary/aromatic N) is 3. The van der Waals surface area contributed by atoms with E-state index in [2.05, 4.69) is 24.2 Å². The third kappa shape index (κ3) is 3.72. The van der Waals surface area contributed by atoms with E-state index in [1.54, 1.807) is 17.1 Å². The number of nitrogens with two attached hydrogens (primary N) is 1. The van der Waals surface area contributed by atoms with E-state index in [0.717, 1.165) is 5.69 Å². The molecule has 2 aromatic rings. The second kappa shape index (κ2) is 5.75. The Morgan fingerprint density at radius 2 is 2.05 bits per heavy atom. The maximum absolute atomic E-state index is 10.1. The molecule has 2 rings (SSSR count). The fourth-order valence-corrected chi connectivity index (χ4v) is 1.97. The van der Waals surface area contributed by atoms with Crippen LogP contribution in [0.25, 0.3) is 0 Å². The zero-order valence-electron chi connectivity index (χ0n) is 11.3. The van der Waals surface area contributed by atoms with Gasteiger partial charge in [-0.3, -0.25) is 4.68 Å². The molecule has 0 radical (unpaired) electrons. The van der Waals surface area contributed by atoms with E-state index < -0.39 is 6.10 Å². The number of benzene rings is 1. The molecule has 1 aromatic heterocycles. The average molecular weight is 260 g/mol. The van der Waals surface area contributed by atoms with E-state index in [4.69, 9.17) is 5.73 Å². The lowest BCUT2D eigenvalue weighted by Gasteiger charge is -2.22. The molecule has 5 nitrogen and oxygen atoms in total. The molecule has 0 amide bonds. The number of nitrogen functional groups attached to an aromatic ring is 1. The summed E-state index contributed by atoms with van der Waals surface area (Å²) in [7, 11) is 1.96. The van der Waals surface area contributed by atoms with Crippen molar-refractivity contribution in [2.24, 2.45) is 0 Å². The zero-order valence-corrected chi connectivity index (χ0v) is 11.3. The highest BCUT2D eigenvalue weighted by molar-refractivity contribution is 5.46. The summed E-state index contributed by atoms with van der Waals surface area (Å²) >= 11 is 0. The minimum atomic E-state index is -0.495. The number of anilines is 2. The van der Waals surface area contributed by atoms with Crippen molar-refractivity contribution in [3.63, 3.8) is 0 Å². The molecule has 0 spiro atoms. The highest BCUT2D eigenvalue weighted by Crippen LogP contribution is 2.13. The second-order valence-corrected chi connectivity index (χ2v) is 4.87. The number of hydrogen-bond acceptors (Lipinski definition) is 4. The van der Waals surface area contributed by atoms with Crippen molar-refractivity contribution in [3.05, 3.63) is 42.2 Å². The van der Waals surface area contributed by atoms with E-state index >= 15 is 0 Å². The first-order valence-electron chi connectivity index (χ1n) is 6.28. The van der Waals surface area contributed by atoms with Crippen LogP contribution < -0.4 is 10.6 Å². The van der Waals surface area contributed by atoms with Gasteiger partial charge in [0.1, 0.15) is 0 Å². The topological polar surface area (TPSA) is 67.3 Å². The Balaban J connectivity index is 1.91. The predicted molar refractivity (Wildman–Crippen MR) is 77.1 cm³/mol. The average Bonchev–Trinajstić information content (AvgIpc) is 2.75. The summed E-state index contributed by atoms with van der Waals surface area (Å²) in [5.74, 6) is 0. The molecule has 1 unspecified atom stereocenters. The third-order valence-corrected chi connectivity index (χ3v) is 3.01. The van der Waals surface area contributed by atoms with Crippen LogP contribution in [-0.4, -0.2) is 34.6 Å². The number of aliphatic hydroxyl groups is 1. The standard InChI is InChI=1S/C14H20N4O/c1-11-3-5-13(6-4-11)17(2)9-14(19)10-18-8-12(15)7-16-18/h3-8,14,19H,9-10,15H2,1-2H3. The highest BCUT2D eigenvalue weighted by Gasteiger charge is 2.10. The van der Waals surface area contributed by atoms with Gasteiger partial charge in [0.15, 0.2) is 0 Å². The largest absolute Gasteiger partial charge is 0.396 e. The van der Waals surface area contributed by atoms with Gasteiger partial charge in [-0.2, -0.15) is 5.10 Å². The number of aryl methyl sites for hydroxylation is 1. The molecular weight excluding hydrogens is 240 g/mol. The Morgan fingerprint density at radius 3 is 2.63 bits per heavy atom. The van der Waals surface area contributed by atoms with Gasteiger partial charge in [0.25, 0.3) is 0 Å². The first kappa shape index (κ1) is 13.4. The molecule has 0 aliphatic heterocycles. The van der Waals surface area contributed by atoms with Crippen LogP contribution in [0.2, 0.25) is 0 Å².